The number of sulfone groups is 1. The van der Waals surface area contributed by atoms with Gasteiger partial charge in [0, 0.05) is 43.0 Å². The predicted molar refractivity (Wildman–Crippen MR) is 161 cm³/mol. The third-order valence-electron chi connectivity index (χ3n) is 7.79. The molecule has 1 aromatic heterocycles. The number of ether oxygens (including phenoxy) is 1. The Morgan fingerprint density at radius 3 is 2.49 bits per heavy atom. The number of anilines is 6. The van der Waals surface area contributed by atoms with E-state index in [1.54, 1.807) is 21.0 Å². The Bertz CT molecular complexity index is 1520. The molecular weight excluding hydrogens is 545 g/mol. The summed E-state index contributed by atoms with van der Waals surface area (Å²) in [5, 5.41) is 8.99. The van der Waals surface area contributed by atoms with Crippen molar-refractivity contribution in [1.82, 2.24) is 14.9 Å². The normalized spacial score (nSPS) is 15.7. The number of benzene rings is 2. The minimum absolute atomic E-state index is 0.104. The molecule has 1 fully saturated rings. The van der Waals surface area contributed by atoms with Crippen molar-refractivity contribution in [2.45, 2.75) is 49.3 Å². The fourth-order valence-electron chi connectivity index (χ4n) is 5.29. The summed E-state index contributed by atoms with van der Waals surface area (Å²) in [4.78, 5) is 13.9. The van der Waals surface area contributed by atoms with E-state index in [1.165, 1.54) is 12.1 Å². The summed E-state index contributed by atoms with van der Waals surface area (Å²) in [5.41, 5.74) is 2.89. The first-order chi connectivity index (χ1) is 19.6. The van der Waals surface area contributed by atoms with Crippen molar-refractivity contribution in [2.24, 2.45) is 0 Å². The highest BCUT2D eigenvalue weighted by atomic mass is 32.2. The van der Waals surface area contributed by atoms with Gasteiger partial charge in [-0.25, -0.2) is 12.8 Å². The fraction of sp³-hybridized carbons (Fsp3) is 0.448. The molecule has 5 rings (SSSR count). The van der Waals surface area contributed by atoms with Gasteiger partial charge in [-0.2, -0.15) is 9.97 Å². The van der Waals surface area contributed by atoms with Crippen LogP contribution in [0, 0.1) is 5.82 Å². The number of aromatic nitrogens is 2. The third kappa shape index (κ3) is 6.03. The molecule has 0 saturated carbocycles. The topological polar surface area (TPSA) is 112 Å². The van der Waals surface area contributed by atoms with E-state index >= 15 is 0 Å². The Labute approximate surface area is 241 Å². The predicted octanol–water partition coefficient (Wildman–Crippen LogP) is 4.79. The molecule has 0 spiro atoms. The SMILES string of the molecule is COc1cc(N2CCC(N(C)C)CC2)ccc1Nc1nc2c(c(Nc3ccc(F)cc3S(=O)(=O)C(C)C)n1)CCN2. The first-order valence-corrected chi connectivity index (χ1v) is 15.4. The lowest BCUT2D eigenvalue weighted by molar-refractivity contribution is 0.249. The van der Waals surface area contributed by atoms with Crippen molar-refractivity contribution in [3.63, 3.8) is 0 Å². The smallest absolute Gasteiger partial charge is 0.231 e. The van der Waals surface area contributed by atoms with Crippen LogP contribution in [0.2, 0.25) is 0 Å². The van der Waals surface area contributed by atoms with Crippen LogP contribution in [0.4, 0.5) is 39.0 Å². The van der Waals surface area contributed by atoms with E-state index in [-0.39, 0.29) is 10.6 Å². The lowest BCUT2D eigenvalue weighted by atomic mass is 10.0. The van der Waals surface area contributed by atoms with Crippen molar-refractivity contribution in [3.8, 4) is 5.75 Å². The minimum Gasteiger partial charge on any atom is -0.494 e. The maximum absolute atomic E-state index is 14.1. The molecule has 220 valence electrons. The Hall–Kier alpha value is -3.64. The molecule has 3 heterocycles. The monoisotopic (exact) mass is 583 g/mol. The second-order valence-corrected chi connectivity index (χ2v) is 13.4. The van der Waals surface area contributed by atoms with Gasteiger partial charge in [-0.3, -0.25) is 0 Å². The highest BCUT2D eigenvalue weighted by molar-refractivity contribution is 7.92. The first kappa shape index (κ1) is 28.9. The fourth-order valence-corrected chi connectivity index (χ4v) is 6.50. The van der Waals surface area contributed by atoms with Gasteiger partial charge >= 0.3 is 0 Å². The van der Waals surface area contributed by atoms with Crippen molar-refractivity contribution < 1.29 is 17.5 Å². The molecule has 3 aromatic rings. The van der Waals surface area contributed by atoms with Gasteiger partial charge in [0.05, 0.1) is 28.6 Å². The van der Waals surface area contributed by atoms with Gasteiger partial charge in [0.2, 0.25) is 5.95 Å². The zero-order valence-corrected chi connectivity index (χ0v) is 25.0. The summed E-state index contributed by atoms with van der Waals surface area (Å²) in [6, 6.07) is 10.3. The summed E-state index contributed by atoms with van der Waals surface area (Å²) in [6.07, 6.45) is 2.87. The van der Waals surface area contributed by atoms with Crippen LogP contribution < -0.4 is 25.6 Å². The quantitative estimate of drug-likeness (QED) is 0.325. The third-order valence-corrected chi connectivity index (χ3v) is 9.98. The number of halogens is 1. The van der Waals surface area contributed by atoms with Crippen molar-refractivity contribution in [1.29, 1.82) is 0 Å². The first-order valence-electron chi connectivity index (χ1n) is 13.9. The number of hydrogen-bond donors (Lipinski definition) is 3. The van der Waals surface area contributed by atoms with Crippen LogP contribution in [0.25, 0.3) is 0 Å². The number of hydrogen-bond acceptors (Lipinski definition) is 10. The molecule has 41 heavy (non-hydrogen) atoms. The standard InChI is InChI=1S/C29H38FN7O3S/c1-18(2)41(38,39)26-16-19(30)6-8-24(26)32-28-22-10-13-31-27(22)34-29(35-28)33-23-9-7-21(17-25(23)40-5)37-14-11-20(12-15-37)36(3)4/h6-9,16-18,20H,10-15H2,1-5H3,(H3,31,32,33,34,35). The second kappa shape index (κ2) is 11.7. The average Bonchev–Trinajstić information content (AvgIpc) is 3.43. The number of rotatable bonds is 9. The van der Waals surface area contributed by atoms with E-state index < -0.39 is 20.9 Å². The van der Waals surface area contributed by atoms with Crippen molar-refractivity contribution in [2.75, 3.05) is 61.7 Å². The average molecular weight is 584 g/mol. The summed E-state index contributed by atoms with van der Waals surface area (Å²) < 4.78 is 45.9. The number of fused-ring (bicyclic) bond motifs is 1. The number of nitrogens with one attached hydrogen (secondary N) is 3. The summed E-state index contributed by atoms with van der Waals surface area (Å²) in [6.45, 7) is 5.77. The number of methoxy groups -OCH3 is 1. The highest BCUT2D eigenvalue weighted by Crippen LogP contribution is 2.36. The van der Waals surface area contributed by atoms with E-state index in [0.29, 0.717) is 48.0 Å². The Morgan fingerprint density at radius 1 is 1.07 bits per heavy atom. The minimum atomic E-state index is -3.75. The summed E-state index contributed by atoms with van der Waals surface area (Å²) >= 11 is 0. The van der Waals surface area contributed by atoms with Crippen LogP contribution in [0.1, 0.15) is 32.3 Å². The molecule has 10 nitrogen and oxygen atoms in total. The van der Waals surface area contributed by atoms with Crippen LogP contribution in [0.3, 0.4) is 0 Å². The molecule has 0 amide bonds. The second-order valence-electron chi connectivity index (χ2n) is 11.0. The molecule has 12 heteroatoms. The zero-order valence-electron chi connectivity index (χ0n) is 24.2. The molecule has 2 aliphatic rings. The van der Waals surface area contributed by atoms with Gasteiger partial charge in [0.25, 0.3) is 0 Å². The number of piperidine rings is 1. The van der Waals surface area contributed by atoms with Gasteiger partial charge < -0.3 is 30.5 Å². The molecule has 0 radical (unpaired) electrons. The van der Waals surface area contributed by atoms with Crippen LogP contribution in [0.15, 0.2) is 41.3 Å². The molecule has 0 bridgehead atoms. The van der Waals surface area contributed by atoms with Gasteiger partial charge in [-0.15, -0.1) is 0 Å². The molecule has 0 atom stereocenters. The highest BCUT2D eigenvalue weighted by Gasteiger charge is 2.26. The lowest BCUT2D eigenvalue weighted by Crippen LogP contribution is -2.41. The summed E-state index contributed by atoms with van der Waals surface area (Å²) in [7, 11) is 2.14. The van der Waals surface area contributed by atoms with Crippen LogP contribution >= 0.6 is 0 Å². The van der Waals surface area contributed by atoms with E-state index in [2.05, 4.69) is 50.9 Å². The Balaban J connectivity index is 1.43. The Morgan fingerprint density at radius 2 is 1.80 bits per heavy atom. The van der Waals surface area contributed by atoms with Crippen molar-refractivity contribution in [3.05, 3.63) is 47.8 Å². The lowest BCUT2D eigenvalue weighted by Gasteiger charge is -2.36. The van der Waals surface area contributed by atoms with Gasteiger partial charge in [0.1, 0.15) is 23.2 Å². The van der Waals surface area contributed by atoms with Gasteiger partial charge in [-0.1, -0.05) is 0 Å². The molecule has 2 aliphatic heterocycles. The molecular formula is C29H38FN7O3S. The summed E-state index contributed by atoms with van der Waals surface area (Å²) in [5.74, 6) is 1.46. The maximum Gasteiger partial charge on any atom is 0.231 e. The molecule has 3 N–H and O–H groups in total. The van der Waals surface area contributed by atoms with E-state index in [9.17, 15) is 12.8 Å². The largest absolute Gasteiger partial charge is 0.494 e. The van der Waals surface area contributed by atoms with Crippen LogP contribution in [0.5, 0.6) is 5.75 Å². The number of nitrogens with zero attached hydrogens (tertiary/aromatic N) is 4. The van der Waals surface area contributed by atoms with Crippen LogP contribution in [-0.4, -0.2) is 75.4 Å². The van der Waals surface area contributed by atoms with Gasteiger partial charge in [0.15, 0.2) is 9.84 Å². The Kier molecular flexibility index (Phi) is 8.23. The van der Waals surface area contributed by atoms with E-state index in [4.69, 9.17) is 9.72 Å². The van der Waals surface area contributed by atoms with E-state index in [0.717, 1.165) is 43.2 Å². The van der Waals surface area contributed by atoms with Crippen LogP contribution in [-0.2, 0) is 16.3 Å². The molecule has 0 unspecified atom stereocenters. The van der Waals surface area contributed by atoms with Gasteiger partial charge in [-0.05, 0) is 77.5 Å². The molecule has 1 saturated heterocycles. The molecule has 2 aromatic carbocycles. The molecule has 0 aliphatic carbocycles. The zero-order chi connectivity index (χ0) is 29.3. The maximum atomic E-state index is 14.1. The van der Waals surface area contributed by atoms with Crippen molar-refractivity contribution >= 4 is 44.5 Å². The van der Waals surface area contributed by atoms with E-state index in [1.807, 2.05) is 12.1 Å².